The van der Waals surface area contributed by atoms with Crippen LogP contribution in [0.1, 0.15) is 52.7 Å². The van der Waals surface area contributed by atoms with Gasteiger partial charge >= 0.3 is 0 Å². The minimum absolute atomic E-state index is 0.0617. The molecule has 10 aromatic rings. The van der Waals surface area contributed by atoms with Crippen molar-refractivity contribution in [3.8, 4) is 45.3 Å². The second kappa shape index (κ2) is 13.0. The second-order valence-corrected chi connectivity index (χ2v) is 17.3. The van der Waals surface area contributed by atoms with Crippen molar-refractivity contribution in [1.82, 2.24) is 15.0 Å². The van der Waals surface area contributed by atoms with E-state index in [0.29, 0.717) is 17.5 Å². The predicted molar refractivity (Wildman–Crippen MR) is 239 cm³/mol. The van der Waals surface area contributed by atoms with Gasteiger partial charge in [0.05, 0.1) is 0 Å². The van der Waals surface area contributed by atoms with E-state index >= 15 is 0 Å². The molecule has 2 heterocycles. The molecule has 0 radical (unpaired) electrons. The minimum Gasteiger partial charge on any atom is -0.456 e. The first-order chi connectivity index (χ1) is 27.5. The van der Waals surface area contributed by atoms with E-state index < -0.39 is 0 Å². The molecule has 276 valence electrons. The van der Waals surface area contributed by atoms with E-state index in [1.54, 1.807) is 0 Å². The fraction of sp³-hybridized carbons (Fsp3) is 0.151. The van der Waals surface area contributed by atoms with Crippen molar-refractivity contribution in [2.24, 2.45) is 0 Å². The van der Waals surface area contributed by atoms with Gasteiger partial charge in [-0.25, -0.2) is 15.0 Å². The Morgan fingerprint density at radius 1 is 0.368 bits per heavy atom. The molecule has 0 aliphatic rings. The van der Waals surface area contributed by atoms with E-state index in [4.69, 9.17) is 19.4 Å². The molecule has 57 heavy (non-hydrogen) atoms. The lowest BCUT2D eigenvalue weighted by Crippen LogP contribution is -2.10. The smallest absolute Gasteiger partial charge is 0.164 e. The molecule has 10 rings (SSSR count). The fourth-order valence-electron chi connectivity index (χ4n) is 8.18. The van der Waals surface area contributed by atoms with Crippen LogP contribution in [-0.4, -0.2) is 15.0 Å². The van der Waals surface area contributed by atoms with Gasteiger partial charge in [-0.2, -0.15) is 0 Å². The maximum absolute atomic E-state index is 6.32. The first kappa shape index (κ1) is 34.8. The molecule has 4 heteroatoms. The van der Waals surface area contributed by atoms with Gasteiger partial charge in [-0.05, 0) is 89.7 Å². The Hall–Kier alpha value is -6.65. The van der Waals surface area contributed by atoms with Gasteiger partial charge in [0, 0.05) is 27.5 Å². The summed E-state index contributed by atoms with van der Waals surface area (Å²) in [6, 6.07) is 54.2. The maximum atomic E-state index is 6.32. The van der Waals surface area contributed by atoms with Gasteiger partial charge in [-0.3, -0.25) is 0 Å². The average molecular weight is 738 g/mol. The van der Waals surface area contributed by atoms with Crippen LogP contribution in [0.2, 0.25) is 0 Å². The number of fused-ring (bicyclic) bond motifs is 7. The van der Waals surface area contributed by atoms with E-state index in [1.165, 1.54) is 38.4 Å². The van der Waals surface area contributed by atoms with Crippen LogP contribution in [0.15, 0.2) is 156 Å². The molecule has 2 aromatic heterocycles. The van der Waals surface area contributed by atoms with Crippen LogP contribution in [0.4, 0.5) is 0 Å². The van der Waals surface area contributed by atoms with Gasteiger partial charge in [0.15, 0.2) is 17.5 Å². The number of hydrogen-bond acceptors (Lipinski definition) is 4. The Bertz CT molecular complexity index is 3200. The van der Waals surface area contributed by atoms with Gasteiger partial charge < -0.3 is 4.42 Å². The van der Waals surface area contributed by atoms with Gasteiger partial charge in [0.1, 0.15) is 11.2 Å². The number of hydrogen-bond donors (Lipinski definition) is 0. The van der Waals surface area contributed by atoms with Crippen molar-refractivity contribution in [2.45, 2.75) is 52.4 Å². The molecule has 0 bridgehead atoms. The number of furan rings is 1. The average Bonchev–Trinajstić information content (AvgIpc) is 3.61. The highest BCUT2D eigenvalue weighted by Crippen LogP contribution is 2.39. The zero-order valence-electron chi connectivity index (χ0n) is 33.2. The number of nitrogens with zero attached hydrogens (tertiary/aromatic N) is 3. The predicted octanol–water partition coefficient (Wildman–Crippen LogP) is 14.5. The second-order valence-electron chi connectivity index (χ2n) is 17.3. The molecule has 0 saturated heterocycles. The highest BCUT2D eigenvalue weighted by Gasteiger charge is 2.20. The quantitative estimate of drug-likeness (QED) is 0.169. The van der Waals surface area contributed by atoms with E-state index in [0.717, 1.165) is 54.8 Å². The lowest BCUT2D eigenvalue weighted by Gasteiger charge is -2.19. The topological polar surface area (TPSA) is 51.8 Å². The van der Waals surface area contributed by atoms with E-state index in [9.17, 15) is 0 Å². The summed E-state index contributed by atoms with van der Waals surface area (Å²) in [4.78, 5) is 15.8. The van der Waals surface area contributed by atoms with Crippen LogP contribution >= 0.6 is 0 Å². The number of benzene rings is 8. The number of para-hydroxylation sites is 1. The summed E-state index contributed by atoms with van der Waals surface area (Å²) in [5, 5.41) is 9.01. The zero-order valence-corrected chi connectivity index (χ0v) is 33.2. The Balaban J connectivity index is 1.17. The highest BCUT2D eigenvalue weighted by molar-refractivity contribution is 6.13. The van der Waals surface area contributed by atoms with Crippen LogP contribution in [0.3, 0.4) is 0 Å². The van der Waals surface area contributed by atoms with Gasteiger partial charge in [0.2, 0.25) is 0 Å². The van der Waals surface area contributed by atoms with Gasteiger partial charge in [0.25, 0.3) is 0 Å². The van der Waals surface area contributed by atoms with Crippen molar-refractivity contribution >= 4 is 54.3 Å². The molecule has 0 atom stereocenters. The maximum Gasteiger partial charge on any atom is 0.164 e. The van der Waals surface area contributed by atoms with Gasteiger partial charge in [-0.1, -0.05) is 169 Å². The standard InChI is InChI=1S/C53H43N3O/c1-52(2,3)38-25-21-32(22-26-38)36-18-17-33-24-28-41-40(45(33)31-36)12-9-13-42(41)50-54-49(37-20-19-35-30-39(53(4,5)6)27-23-34(35)29-37)55-51(56-50)44-14-10-16-47-48(44)43-11-7-8-15-46(43)57-47/h7-31H,1-6H3. The molecule has 0 saturated carbocycles. The first-order valence-corrected chi connectivity index (χ1v) is 19.8. The molecule has 0 amide bonds. The van der Waals surface area contributed by atoms with Crippen molar-refractivity contribution in [1.29, 1.82) is 0 Å². The molecule has 0 aliphatic heterocycles. The molecular weight excluding hydrogens is 695 g/mol. The van der Waals surface area contributed by atoms with E-state index in [1.807, 2.05) is 30.3 Å². The van der Waals surface area contributed by atoms with Crippen LogP contribution in [0.25, 0.3) is 99.5 Å². The largest absolute Gasteiger partial charge is 0.456 e. The number of aromatic nitrogens is 3. The summed E-state index contributed by atoms with van der Waals surface area (Å²) in [6.45, 7) is 13.5. The summed E-state index contributed by atoms with van der Waals surface area (Å²) in [7, 11) is 0. The zero-order chi connectivity index (χ0) is 39.1. The van der Waals surface area contributed by atoms with E-state index in [2.05, 4.69) is 163 Å². The summed E-state index contributed by atoms with van der Waals surface area (Å²) in [5.74, 6) is 1.86. The van der Waals surface area contributed by atoms with Crippen molar-refractivity contribution in [3.05, 3.63) is 163 Å². The number of rotatable bonds is 4. The monoisotopic (exact) mass is 737 g/mol. The molecule has 0 unspecified atom stereocenters. The molecule has 4 nitrogen and oxygen atoms in total. The van der Waals surface area contributed by atoms with Crippen molar-refractivity contribution in [3.63, 3.8) is 0 Å². The van der Waals surface area contributed by atoms with Crippen LogP contribution in [0, 0.1) is 0 Å². The third-order valence-electron chi connectivity index (χ3n) is 11.4. The normalized spacial score (nSPS) is 12.4. The van der Waals surface area contributed by atoms with Crippen molar-refractivity contribution in [2.75, 3.05) is 0 Å². The van der Waals surface area contributed by atoms with Crippen LogP contribution in [0.5, 0.6) is 0 Å². The highest BCUT2D eigenvalue weighted by atomic mass is 16.3. The van der Waals surface area contributed by atoms with Gasteiger partial charge in [-0.15, -0.1) is 0 Å². The molecular formula is C53H43N3O. The lowest BCUT2D eigenvalue weighted by molar-refractivity contribution is 0.590. The lowest BCUT2D eigenvalue weighted by atomic mass is 9.86. The minimum atomic E-state index is 0.0617. The Morgan fingerprint density at radius 3 is 1.75 bits per heavy atom. The third kappa shape index (κ3) is 6.13. The van der Waals surface area contributed by atoms with E-state index in [-0.39, 0.29) is 10.8 Å². The summed E-state index contributed by atoms with van der Waals surface area (Å²) < 4.78 is 6.32. The molecule has 0 N–H and O–H groups in total. The summed E-state index contributed by atoms with van der Waals surface area (Å²) in [6.07, 6.45) is 0. The molecule has 0 fully saturated rings. The molecule has 0 spiro atoms. The van der Waals surface area contributed by atoms with Crippen LogP contribution < -0.4 is 0 Å². The SMILES string of the molecule is CC(C)(C)c1ccc(-c2ccc3ccc4c(-c5nc(-c6ccc7cc(C(C)(C)C)ccc7c6)nc(-c6cccc7oc8ccccc8c67)n5)cccc4c3c2)cc1. The summed E-state index contributed by atoms with van der Waals surface area (Å²) >= 11 is 0. The van der Waals surface area contributed by atoms with Crippen LogP contribution in [-0.2, 0) is 10.8 Å². The Kier molecular flexibility index (Phi) is 7.92. The van der Waals surface area contributed by atoms with Crippen molar-refractivity contribution < 1.29 is 4.42 Å². The Morgan fingerprint density at radius 2 is 0.947 bits per heavy atom. The first-order valence-electron chi connectivity index (χ1n) is 19.8. The molecule has 8 aromatic carbocycles. The third-order valence-corrected chi connectivity index (χ3v) is 11.4. The summed E-state index contributed by atoms with van der Waals surface area (Å²) in [5.41, 5.74) is 9.64. The molecule has 0 aliphatic carbocycles. The Labute approximate surface area is 332 Å². The fourth-order valence-corrected chi connectivity index (χ4v) is 8.18.